The van der Waals surface area contributed by atoms with E-state index in [4.69, 9.17) is 18.8 Å². The molecular formula is C30H44BNO5. The van der Waals surface area contributed by atoms with Gasteiger partial charge < -0.3 is 23.7 Å². The monoisotopic (exact) mass is 509 g/mol. The minimum absolute atomic E-state index is 0.309. The maximum atomic E-state index is 13.1. The topological polar surface area (TPSA) is 57.2 Å². The standard InChI is InChI=1S/C30H44BNO5/c1-9-10-14-17-32(27(33)35-28(2,3)4)21-24-18-25(31-36-29(5,6)30(7,8)37-31)20-26(19-24)34-22-23-15-12-11-13-16-23/h11-13,15-16,18-20H,9-10,14,17,21-22H2,1-8H3. The molecule has 0 saturated carbocycles. The molecule has 1 heterocycles. The molecule has 6 nitrogen and oxygen atoms in total. The van der Waals surface area contributed by atoms with Crippen LogP contribution in [0, 0.1) is 0 Å². The van der Waals surface area contributed by atoms with Crippen LogP contribution in [0.4, 0.5) is 4.79 Å². The normalized spacial score (nSPS) is 16.5. The summed E-state index contributed by atoms with van der Waals surface area (Å²) in [5.74, 6) is 0.712. The van der Waals surface area contributed by atoms with Crippen molar-refractivity contribution in [2.75, 3.05) is 6.54 Å². The molecule has 7 heteroatoms. The molecule has 0 radical (unpaired) electrons. The lowest BCUT2D eigenvalue weighted by Crippen LogP contribution is -2.41. The van der Waals surface area contributed by atoms with Gasteiger partial charge in [0, 0.05) is 13.1 Å². The number of hydrogen-bond acceptors (Lipinski definition) is 5. The van der Waals surface area contributed by atoms with Crippen LogP contribution in [-0.2, 0) is 27.2 Å². The Bertz CT molecular complexity index is 1020. The average molecular weight is 509 g/mol. The van der Waals surface area contributed by atoms with E-state index in [0.717, 1.165) is 35.9 Å². The number of carbonyl (C=O) groups is 1. The summed E-state index contributed by atoms with van der Waals surface area (Å²) in [6.07, 6.45) is 2.75. The molecule has 0 unspecified atom stereocenters. The van der Waals surface area contributed by atoms with E-state index in [9.17, 15) is 4.79 Å². The second kappa shape index (κ2) is 11.9. The van der Waals surface area contributed by atoms with Crippen molar-refractivity contribution in [3.63, 3.8) is 0 Å². The third-order valence-corrected chi connectivity index (χ3v) is 6.82. The molecule has 0 aliphatic carbocycles. The van der Waals surface area contributed by atoms with E-state index in [1.54, 1.807) is 4.90 Å². The number of carbonyl (C=O) groups excluding carboxylic acids is 1. The molecule has 0 spiro atoms. The molecule has 1 aliphatic rings. The Kier molecular flexibility index (Phi) is 9.35. The van der Waals surface area contributed by atoms with Crippen molar-refractivity contribution in [2.45, 2.75) is 105 Å². The van der Waals surface area contributed by atoms with Gasteiger partial charge in [-0.1, -0.05) is 56.2 Å². The van der Waals surface area contributed by atoms with Crippen molar-refractivity contribution in [3.8, 4) is 5.75 Å². The van der Waals surface area contributed by atoms with Gasteiger partial charge in [0.15, 0.2) is 0 Å². The molecule has 37 heavy (non-hydrogen) atoms. The summed E-state index contributed by atoms with van der Waals surface area (Å²) in [5.41, 5.74) is 1.42. The Morgan fingerprint density at radius 3 is 2.19 bits per heavy atom. The number of amides is 1. The Hall–Kier alpha value is -2.51. The number of benzene rings is 2. The van der Waals surface area contributed by atoms with E-state index in [1.807, 2.05) is 90.9 Å². The first-order valence-corrected chi connectivity index (χ1v) is 13.4. The third-order valence-electron chi connectivity index (χ3n) is 6.82. The van der Waals surface area contributed by atoms with Gasteiger partial charge in [-0.05, 0) is 83.6 Å². The van der Waals surface area contributed by atoms with Crippen LogP contribution in [0.25, 0.3) is 0 Å². The van der Waals surface area contributed by atoms with Crippen molar-refractivity contribution in [1.82, 2.24) is 4.90 Å². The molecule has 0 aromatic heterocycles. The number of unbranched alkanes of at least 4 members (excludes halogenated alkanes) is 2. The third kappa shape index (κ3) is 8.24. The van der Waals surface area contributed by atoms with E-state index >= 15 is 0 Å². The van der Waals surface area contributed by atoms with Crippen molar-refractivity contribution in [3.05, 3.63) is 59.7 Å². The van der Waals surface area contributed by atoms with Gasteiger partial charge in [-0.15, -0.1) is 0 Å². The average Bonchev–Trinajstić information content (AvgIpc) is 3.03. The molecule has 2 aromatic carbocycles. The zero-order chi connectivity index (χ0) is 27.3. The number of hydrogen-bond donors (Lipinski definition) is 0. The molecule has 1 saturated heterocycles. The van der Waals surface area contributed by atoms with Gasteiger partial charge in [-0.3, -0.25) is 0 Å². The van der Waals surface area contributed by atoms with Crippen molar-refractivity contribution in [2.24, 2.45) is 0 Å². The Morgan fingerprint density at radius 2 is 1.59 bits per heavy atom. The SMILES string of the molecule is CCCCCN(Cc1cc(OCc2ccccc2)cc(B2OC(C)(C)C(C)(C)O2)c1)C(=O)OC(C)(C)C. The molecule has 1 aliphatic heterocycles. The van der Waals surface area contributed by atoms with Gasteiger partial charge in [0.1, 0.15) is 18.0 Å². The summed E-state index contributed by atoms with van der Waals surface area (Å²) in [6, 6.07) is 16.1. The second-order valence-corrected chi connectivity index (χ2v) is 11.9. The highest BCUT2D eigenvalue weighted by molar-refractivity contribution is 6.62. The number of rotatable bonds is 10. The zero-order valence-corrected chi connectivity index (χ0v) is 23.9. The van der Waals surface area contributed by atoms with E-state index in [0.29, 0.717) is 25.4 Å². The van der Waals surface area contributed by atoms with E-state index < -0.39 is 23.9 Å². The van der Waals surface area contributed by atoms with Crippen LogP contribution in [0.1, 0.15) is 85.8 Å². The van der Waals surface area contributed by atoms with E-state index in [-0.39, 0.29) is 6.09 Å². The molecular weight excluding hydrogens is 465 g/mol. The van der Waals surface area contributed by atoms with Crippen LogP contribution in [-0.4, -0.2) is 41.5 Å². The first-order chi connectivity index (χ1) is 17.3. The quantitative estimate of drug-likeness (QED) is 0.271. The Labute approximate surface area is 223 Å². The Balaban J connectivity index is 1.90. The van der Waals surface area contributed by atoms with Gasteiger partial charge in [0.2, 0.25) is 0 Å². The summed E-state index contributed by atoms with van der Waals surface area (Å²) in [7, 11) is -0.529. The van der Waals surface area contributed by atoms with Crippen molar-refractivity contribution < 1.29 is 23.6 Å². The summed E-state index contributed by atoms with van der Waals surface area (Å²) < 4.78 is 24.6. The van der Waals surface area contributed by atoms with Crippen LogP contribution in [0.3, 0.4) is 0 Å². The summed E-state index contributed by atoms with van der Waals surface area (Å²) in [4.78, 5) is 14.9. The highest BCUT2D eigenvalue weighted by Gasteiger charge is 2.51. The first kappa shape index (κ1) is 29.1. The smallest absolute Gasteiger partial charge is 0.489 e. The van der Waals surface area contributed by atoms with Crippen LogP contribution in [0.5, 0.6) is 5.75 Å². The van der Waals surface area contributed by atoms with Crippen molar-refractivity contribution >= 4 is 18.7 Å². The minimum Gasteiger partial charge on any atom is -0.489 e. The zero-order valence-electron chi connectivity index (χ0n) is 23.9. The summed E-state index contributed by atoms with van der Waals surface area (Å²) >= 11 is 0. The Morgan fingerprint density at radius 1 is 0.946 bits per heavy atom. The fraction of sp³-hybridized carbons (Fsp3) is 0.567. The molecule has 3 rings (SSSR count). The second-order valence-electron chi connectivity index (χ2n) is 11.9. The van der Waals surface area contributed by atoms with Crippen LogP contribution in [0.15, 0.2) is 48.5 Å². The van der Waals surface area contributed by atoms with Crippen molar-refractivity contribution in [1.29, 1.82) is 0 Å². The summed E-state index contributed by atoms with van der Waals surface area (Å²) in [5, 5.41) is 0. The number of nitrogens with zero attached hydrogens (tertiary/aromatic N) is 1. The molecule has 2 aromatic rings. The fourth-order valence-electron chi connectivity index (χ4n) is 4.05. The van der Waals surface area contributed by atoms with Crippen LogP contribution < -0.4 is 10.2 Å². The first-order valence-electron chi connectivity index (χ1n) is 13.4. The number of ether oxygens (including phenoxy) is 2. The predicted molar refractivity (Wildman–Crippen MR) is 149 cm³/mol. The van der Waals surface area contributed by atoms with Crippen LogP contribution in [0.2, 0.25) is 0 Å². The van der Waals surface area contributed by atoms with Gasteiger partial charge >= 0.3 is 13.2 Å². The van der Waals surface area contributed by atoms with Gasteiger partial charge in [-0.25, -0.2) is 4.79 Å². The maximum absolute atomic E-state index is 13.1. The van der Waals surface area contributed by atoms with Crippen LogP contribution >= 0.6 is 0 Å². The highest BCUT2D eigenvalue weighted by atomic mass is 16.7. The lowest BCUT2D eigenvalue weighted by molar-refractivity contribution is 0.00578. The van der Waals surface area contributed by atoms with Gasteiger partial charge in [-0.2, -0.15) is 0 Å². The molecule has 1 amide bonds. The van der Waals surface area contributed by atoms with Gasteiger partial charge in [0.25, 0.3) is 0 Å². The van der Waals surface area contributed by atoms with Gasteiger partial charge in [0.05, 0.1) is 11.2 Å². The predicted octanol–water partition coefficient (Wildman–Crippen LogP) is 6.49. The molecule has 0 atom stereocenters. The molecule has 0 N–H and O–H groups in total. The lowest BCUT2D eigenvalue weighted by atomic mass is 9.78. The lowest BCUT2D eigenvalue weighted by Gasteiger charge is -2.32. The largest absolute Gasteiger partial charge is 0.494 e. The highest BCUT2D eigenvalue weighted by Crippen LogP contribution is 2.37. The summed E-state index contributed by atoms with van der Waals surface area (Å²) in [6.45, 7) is 17.5. The molecule has 0 bridgehead atoms. The molecule has 1 fully saturated rings. The van der Waals surface area contributed by atoms with E-state index in [1.165, 1.54) is 0 Å². The fourth-order valence-corrected chi connectivity index (χ4v) is 4.05. The van der Waals surface area contributed by atoms with E-state index in [2.05, 4.69) is 13.0 Å². The maximum Gasteiger partial charge on any atom is 0.494 e. The minimum atomic E-state index is -0.561. The molecule has 202 valence electrons.